The summed E-state index contributed by atoms with van der Waals surface area (Å²) in [6.45, 7) is 0.653. The van der Waals surface area contributed by atoms with Gasteiger partial charge in [0.15, 0.2) is 17.5 Å². The third-order valence-electron chi connectivity index (χ3n) is 3.52. The first kappa shape index (κ1) is 21.1. The highest BCUT2D eigenvalue weighted by atomic mass is 19.4. The summed E-state index contributed by atoms with van der Waals surface area (Å²) in [5, 5.41) is 8.83. The van der Waals surface area contributed by atoms with Gasteiger partial charge in [0, 0.05) is 38.1 Å². The zero-order valence-electron chi connectivity index (χ0n) is 15.6. The predicted octanol–water partition coefficient (Wildman–Crippen LogP) is 2.61. The van der Waals surface area contributed by atoms with Gasteiger partial charge in [-0.25, -0.2) is 9.97 Å². The van der Waals surface area contributed by atoms with E-state index < -0.39 is 11.9 Å². The van der Waals surface area contributed by atoms with Crippen molar-refractivity contribution in [1.82, 2.24) is 15.3 Å². The summed E-state index contributed by atoms with van der Waals surface area (Å²) in [6.07, 6.45) is -3.45. The molecule has 11 heteroatoms. The SMILES string of the molecule is CN=C(NCCNc1nccc(C(F)(F)F)n1)Nc1ccc(OC)c(OC)c1. The number of hydrogen-bond donors (Lipinski definition) is 3. The second-order valence-corrected chi connectivity index (χ2v) is 5.38. The zero-order chi connectivity index (χ0) is 20.6. The summed E-state index contributed by atoms with van der Waals surface area (Å²) in [6, 6.07) is 6.11. The number of alkyl halides is 3. The van der Waals surface area contributed by atoms with Crippen LogP contribution in [0.15, 0.2) is 35.5 Å². The fourth-order valence-corrected chi connectivity index (χ4v) is 2.19. The standard InChI is InChI=1S/C17H21F3N6O2/c1-21-15(25-11-4-5-12(27-2)13(10-11)28-3)23-8-9-24-16-22-7-6-14(26-16)17(18,19)20/h4-7,10H,8-9H2,1-3H3,(H2,21,23,25)(H,22,24,26). The Morgan fingerprint density at radius 1 is 1.11 bits per heavy atom. The Bertz CT molecular complexity index is 814. The van der Waals surface area contributed by atoms with Crippen LogP contribution < -0.4 is 25.4 Å². The molecule has 0 atom stereocenters. The van der Waals surface area contributed by atoms with Crippen LogP contribution in [0.25, 0.3) is 0 Å². The number of anilines is 2. The number of benzene rings is 1. The van der Waals surface area contributed by atoms with Crippen LogP contribution in [0.1, 0.15) is 5.69 Å². The third-order valence-corrected chi connectivity index (χ3v) is 3.52. The van der Waals surface area contributed by atoms with Gasteiger partial charge in [0.2, 0.25) is 5.95 Å². The van der Waals surface area contributed by atoms with Crippen molar-refractivity contribution in [2.45, 2.75) is 6.18 Å². The van der Waals surface area contributed by atoms with Crippen LogP contribution >= 0.6 is 0 Å². The van der Waals surface area contributed by atoms with Crippen molar-refractivity contribution in [2.75, 3.05) is 45.0 Å². The number of rotatable bonds is 7. The molecular weight excluding hydrogens is 377 g/mol. The Balaban J connectivity index is 1.86. The van der Waals surface area contributed by atoms with Gasteiger partial charge in [-0.05, 0) is 18.2 Å². The van der Waals surface area contributed by atoms with Gasteiger partial charge >= 0.3 is 6.18 Å². The molecule has 1 heterocycles. The fraction of sp³-hybridized carbons (Fsp3) is 0.353. The summed E-state index contributed by atoms with van der Waals surface area (Å²) >= 11 is 0. The fourth-order valence-electron chi connectivity index (χ4n) is 2.19. The lowest BCUT2D eigenvalue weighted by atomic mass is 10.3. The molecule has 0 bridgehead atoms. The van der Waals surface area contributed by atoms with E-state index in [0.29, 0.717) is 24.0 Å². The maximum Gasteiger partial charge on any atom is 0.433 e. The molecule has 0 fully saturated rings. The van der Waals surface area contributed by atoms with Crippen molar-refractivity contribution in [3.63, 3.8) is 0 Å². The largest absolute Gasteiger partial charge is 0.493 e. The molecule has 0 radical (unpaired) electrons. The summed E-state index contributed by atoms with van der Waals surface area (Å²) in [4.78, 5) is 11.3. The second kappa shape index (κ2) is 9.62. The quantitative estimate of drug-likeness (QED) is 0.375. The molecule has 0 amide bonds. The number of aliphatic imine (C=N–C) groups is 1. The van der Waals surface area contributed by atoms with Crippen LogP contribution in [-0.2, 0) is 6.18 Å². The van der Waals surface area contributed by atoms with Gasteiger partial charge in [-0.1, -0.05) is 0 Å². The van der Waals surface area contributed by atoms with E-state index in [0.717, 1.165) is 18.0 Å². The second-order valence-electron chi connectivity index (χ2n) is 5.38. The van der Waals surface area contributed by atoms with Crippen LogP contribution in [0, 0.1) is 0 Å². The van der Waals surface area contributed by atoms with Gasteiger partial charge in [-0.2, -0.15) is 13.2 Å². The van der Waals surface area contributed by atoms with Gasteiger partial charge in [0.05, 0.1) is 14.2 Å². The molecule has 2 aromatic rings. The van der Waals surface area contributed by atoms with E-state index in [-0.39, 0.29) is 12.5 Å². The summed E-state index contributed by atoms with van der Waals surface area (Å²) in [5.74, 6) is 1.53. The number of ether oxygens (including phenoxy) is 2. The lowest BCUT2D eigenvalue weighted by Gasteiger charge is -2.14. The summed E-state index contributed by atoms with van der Waals surface area (Å²) in [5.41, 5.74) is -0.274. The molecule has 152 valence electrons. The smallest absolute Gasteiger partial charge is 0.433 e. The van der Waals surface area contributed by atoms with E-state index in [1.54, 1.807) is 32.4 Å². The van der Waals surface area contributed by atoms with Gasteiger partial charge in [-0.3, -0.25) is 4.99 Å². The minimum atomic E-state index is -4.51. The number of hydrogen-bond acceptors (Lipinski definition) is 6. The zero-order valence-corrected chi connectivity index (χ0v) is 15.6. The lowest BCUT2D eigenvalue weighted by Crippen LogP contribution is -2.34. The van der Waals surface area contributed by atoms with E-state index in [1.807, 2.05) is 0 Å². The molecule has 0 saturated heterocycles. The van der Waals surface area contributed by atoms with Crippen LogP contribution in [0.4, 0.5) is 24.8 Å². The summed E-state index contributed by atoms with van der Waals surface area (Å²) < 4.78 is 48.4. The van der Waals surface area contributed by atoms with Crippen molar-refractivity contribution in [3.8, 4) is 11.5 Å². The molecule has 8 nitrogen and oxygen atoms in total. The first-order valence-corrected chi connectivity index (χ1v) is 8.21. The third kappa shape index (κ3) is 5.89. The molecule has 0 aliphatic carbocycles. The maximum absolute atomic E-state index is 12.6. The van der Waals surface area contributed by atoms with Gasteiger partial charge in [0.25, 0.3) is 0 Å². The van der Waals surface area contributed by atoms with Gasteiger partial charge < -0.3 is 25.4 Å². The van der Waals surface area contributed by atoms with E-state index >= 15 is 0 Å². The predicted molar refractivity (Wildman–Crippen MR) is 100 cm³/mol. The molecule has 0 aliphatic rings. The molecule has 1 aromatic carbocycles. The van der Waals surface area contributed by atoms with Crippen LogP contribution in [-0.4, -0.2) is 50.3 Å². The van der Waals surface area contributed by atoms with Crippen LogP contribution in [0.3, 0.4) is 0 Å². The topological polar surface area (TPSA) is 92.7 Å². The normalized spacial score (nSPS) is 11.7. The van der Waals surface area contributed by atoms with Crippen molar-refractivity contribution >= 4 is 17.6 Å². The Labute approximate surface area is 160 Å². The Morgan fingerprint density at radius 3 is 2.50 bits per heavy atom. The van der Waals surface area contributed by atoms with E-state index in [2.05, 4.69) is 30.9 Å². The Kier molecular flexibility index (Phi) is 7.24. The van der Waals surface area contributed by atoms with Crippen LogP contribution in [0.5, 0.6) is 11.5 Å². The minimum absolute atomic E-state index is 0.0977. The highest BCUT2D eigenvalue weighted by molar-refractivity contribution is 5.93. The molecule has 3 N–H and O–H groups in total. The van der Waals surface area contributed by atoms with Gasteiger partial charge in [0.1, 0.15) is 5.69 Å². The van der Waals surface area contributed by atoms with E-state index in [9.17, 15) is 13.2 Å². The minimum Gasteiger partial charge on any atom is -0.493 e. The Hall–Kier alpha value is -3.24. The molecular formula is C17H21F3N6O2. The molecule has 0 spiro atoms. The maximum atomic E-state index is 12.6. The van der Waals surface area contributed by atoms with Crippen molar-refractivity contribution in [3.05, 3.63) is 36.2 Å². The number of aromatic nitrogens is 2. The first-order valence-electron chi connectivity index (χ1n) is 8.21. The lowest BCUT2D eigenvalue weighted by molar-refractivity contribution is -0.141. The first-order chi connectivity index (χ1) is 13.4. The van der Waals surface area contributed by atoms with Crippen molar-refractivity contribution in [1.29, 1.82) is 0 Å². The highest BCUT2D eigenvalue weighted by Gasteiger charge is 2.32. The molecule has 0 saturated carbocycles. The number of halogens is 3. The average Bonchev–Trinajstić information content (AvgIpc) is 2.69. The number of nitrogens with zero attached hydrogens (tertiary/aromatic N) is 3. The Morgan fingerprint density at radius 2 is 1.86 bits per heavy atom. The molecule has 0 aliphatic heterocycles. The molecule has 28 heavy (non-hydrogen) atoms. The van der Waals surface area contributed by atoms with Crippen LogP contribution in [0.2, 0.25) is 0 Å². The molecule has 0 unspecified atom stereocenters. The van der Waals surface area contributed by atoms with Crippen molar-refractivity contribution < 1.29 is 22.6 Å². The monoisotopic (exact) mass is 398 g/mol. The number of methoxy groups -OCH3 is 2. The van der Waals surface area contributed by atoms with Gasteiger partial charge in [-0.15, -0.1) is 0 Å². The number of nitrogens with one attached hydrogen (secondary N) is 3. The highest BCUT2D eigenvalue weighted by Crippen LogP contribution is 2.29. The van der Waals surface area contributed by atoms with E-state index in [1.165, 1.54) is 7.11 Å². The van der Waals surface area contributed by atoms with E-state index in [4.69, 9.17) is 9.47 Å². The molecule has 1 aromatic heterocycles. The summed E-state index contributed by atoms with van der Waals surface area (Å²) in [7, 11) is 4.68. The average molecular weight is 398 g/mol. The number of guanidine groups is 1. The van der Waals surface area contributed by atoms with Crippen molar-refractivity contribution in [2.24, 2.45) is 4.99 Å². The molecule has 2 rings (SSSR count).